The van der Waals surface area contributed by atoms with Gasteiger partial charge in [-0.25, -0.2) is 0 Å². The molecule has 0 fully saturated rings. The Morgan fingerprint density at radius 3 is 2.88 bits per heavy atom. The van der Waals surface area contributed by atoms with E-state index in [0.29, 0.717) is 6.04 Å². The summed E-state index contributed by atoms with van der Waals surface area (Å²) in [6.07, 6.45) is 3.34. The molecular weight excluding hydrogens is 218 g/mol. The number of nitrogens with one attached hydrogen (secondary N) is 1. The van der Waals surface area contributed by atoms with Crippen LogP contribution in [0.4, 0.5) is 0 Å². The van der Waals surface area contributed by atoms with Crippen molar-refractivity contribution in [1.29, 1.82) is 0 Å². The summed E-state index contributed by atoms with van der Waals surface area (Å²) in [4.78, 5) is 1.46. The van der Waals surface area contributed by atoms with Gasteiger partial charge in [-0.1, -0.05) is 19.9 Å². The lowest BCUT2D eigenvalue weighted by atomic mass is 10.1. The fraction of sp³-hybridized carbons (Fsp3) is 0.692. The molecule has 1 atom stereocenters. The Bertz CT molecular complexity index is 248. The van der Waals surface area contributed by atoms with E-state index in [0.717, 1.165) is 39.0 Å². The Morgan fingerprint density at radius 2 is 2.25 bits per heavy atom. The summed E-state index contributed by atoms with van der Waals surface area (Å²) in [6, 6.07) is 4.89. The highest BCUT2D eigenvalue weighted by Gasteiger charge is 2.08. The third-order valence-electron chi connectivity index (χ3n) is 2.48. The van der Waals surface area contributed by atoms with E-state index in [1.54, 1.807) is 0 Å². The minimum absolute atomic E-state index is 0.556. The van der Waals surface area contributed by atoms with Gasteiger partial charge in [0.2, 0.25) is 0 Å². The molecule has 92 valence electrons. The van der Waals surface area contributed by atoms with Crippen molar-refractivity contribution in [1.82, 2.24) is 5.32 Å². The fourth-order valence-electron chi connectivity index (χ4n) is 1.71. The minimum atomic E-state index is 0.556. The van der Waals surface area contributed by atoms with E-state index >= 15 is 0 Å². The lowest BCUT2D eigenvalue weighted by molar-refractivity contribution is 0.124. The molecule has 1 rings (SSSR count). The molecule has 0 aliphatic rings. The molecule has 2 nitrogen and oxygen atoms in total. The van der Waals surface area contributed by atoms with Crippen LogP contribution in [0.25, 0.3) is 0 Å². The maximum Gasteiger partial charge on any atom is 0.0480 e. The van der Waals surface area contributed by atoms with Crippen molar-refractivity contribution < 1.29 is 4.74 Å². The van der Waals surface area contributed by atoms with E-state index in [-0.39, 0.29) is 0 Å². The quantitative estimate of drug-likeness (QED) is 0.671. The van der Waals surface area contributed by atoms with Crippen molar-refractivity contribution in [3.05, 3.63) is 22.4 Å². The predicted molar refractivity (Wildman–Crippen MR) is 71.2 cm³/mol. The van der Waals surface area contributed by atoms with E-state index in [9.17, 15) is 0 Å². The summed E-state index contributed by atoms with van der Waals surface area (Å²) in [5.74, 6) is 0. The summed E-state index contributed by atoms with van der Waals surface area (Å²) in [6.45, 7) is 7.10. The summed E-state index contributed by atoms with van der Waals surface area (Å²) in [7, 11) is 0. The monoisotopic (exact) mass is 241 g/mol. The molecular formula is C13H23NOS. The van der Waals surface area contributed by atoms with Gasteiger partial charge in [-0.05, 0) is 37.3 Å². The number of rotatable bonds is 9. The first kappa shape index (κ1) is 13.7. The second-order valence-corrected chi connectivity index (χ2v) is 4.97. The molecule has 0 saturated carbocycles. The van der Waals surface area contributed by atoms with Crippen LogP contribution in [0.5, 0.6) is 0 Å². The third kappa shape index (κ3) is 5.64. The van der Waals surface area contributed by atoms with Gasteiger partial charge in [0.15, 0.2) is 0 Å². The Labute approximate surface area is 103 Å². The Hall–Kier alpha value is -0.380. The van der Waals surface area contributed by atoms with Crippen LogP contribution in [-0.2, 0) is 11.2 Å². The number of hydrogen-bond donors (Lipinski definition) is 1. The van der Waals surface area contributed by atoms with Gasteiger partial charge >= 0.3 is 0 Å². The predicted octanol–water partition coefficient (Wildman–Crippen LogP) is 3.09. The summed E-state index contributed by atoms with van der Waals surface area (Å²) < 4.78 is 5.54. The maximum atomic E-state index is 5.54. The van der Waals surface area contributed by atoms with Gasteiger partial charge in [0.05, 0.1) is 0 Å². The van der Waals surface area contributed by atoms with Gasteiger partial charge in [-0.2, -0.15) is 0 Å². The first-order chi connectivity index (χ1) is 7.86. The van der Waals surface area contributed by atoms with Crippen molar-refractivity contribution >= 4 is 11.3 Å². The van der Waals surface area contributed by atoms with Gasteiger partial charge in [0.25, 0.3) is 0 Å². The van der Waals surface area contributed by atoms with Crippen LogP contribution >= 0.6 is 11.3 Å². The lowest BCUT2D eigenvalue weighted by Gasteiger charge is -2.17. The first-order valence-electron chi connectivity index (χ1n) is 6.20. The van der Waals surface area contributed by atoms with Crippen LogP contribution in [0.15, 0.2) is 17.5 Å². The van der Waals surface area contributed by atoms with Crippen LogP contribution in [0.2, 0.25) is 0 Å². The molecule has 3 heteroatoms. The highest BCUT2D eigenvalue weighted by molar-refractivity contribution is 7.09. The second kappa shape index (κ2) is 8.74. The van der Waals surface area contributed by atoms with E-state index in [1.807, 2.05) is 11.3 Å². The highest BCUT2D eigenvalue weighted by atomic mass is 32.1. The van der Waals surface area contributed by atoms with Crippen LogP contribution in [0.3, 0.4) is 0 Å². The average Bonchev–Trinajstić information content (AvgIpc) is 2.77. The zero-order valence-corrected chi connectivity index (χ0v) is 11.2. The third-order valence-corrected chi connectivity index (χ3v) is 3.38. The summed E-state index contributed by atoms with van der Waals surface area (Å²) in [5, 5.41) is 5.67. The Balaban J connectivity index is 2.24. The molecule has 1 heterocycles. The van der Waals surface area contributed by atoms with Crippen LogP contribution in [0.1, 0.15) is 31.6 Å². The molecule has 16 heavy (non-hydrogen) atoms. The fourth-order valence-corrected chi connectivity index (χ4v) is 2.50. The van der Waals surface area contributed by atoms with E-state index in [4.69, 9.17) is 4.74 Å². The van der Waals surface area contributed by atoms with Crippen LogP contribution < -0.4 is 5.32 Å². The van der Waals surface area contributed by atoms with Crippen molar-refractivity contribution in [2.45, 2.75) is 39.2 Å². The molecule has 1 aromatic heterocycles. The largest absolute Gasteiger partial charge is 0.381 e. The van der Waals surface area contributed by atoms with Crippen molar-refractivity contribution in [3.63, 3.8) is 0 Å². The highest BCUT2D eigenvalue weighted by Crippen LogP contribution is 2.12. The number of ether oxygens (including phenoxy) is 1. The smallest absolute Gasteiger partial charge is 0.0480 e. The van der Waals surface area contributed by atoms with Crippen molar-refractivity contribution in [3.8, 4) is 0 Å². The van der Waals surface area contributed by atoms with Crippen molar-refractivity contribution in [2.75, 3.05) is 19.8 Å². The Kier molecular flexibility index (Phi) is 7.47. The van der Waals surface area contributed by atoms with Crippen LogP contribution in [-0.4, -0.2) is 25.8 Å². The molecule has 1 unspecified atom stereocenters. The molecule has 0 amide bonds. The van der Waals surface area contributed by atoms with Gasteiger partial charge in [0, 0.05) is 24.1 Å². The summed E-state index contributed by atoms with van der Waals surface area (Å²) >= 11 is 1.84. The summed E-state index contributed by atoms with van der Waals surface area (Å²) in [5.41, 5.74) is 0. The molecule has 0 aliphatic carbocycles. The lowest BCUT2D eigenvalue weighted by Crippen LogP contribution is -2.32. The maximum absolute atomic E-state index is 5.54. The number of thiophene rings is 1. The molecule has 1 aromatic rings. The van der Waals surface area contributed by atoms with E-state index in [2.05, 4.69) is 36.7 Å². The van der Waals surface area contributed by atoms with Gasteiger partial charge < -0.3 is 10.1 Å². The topological polar surface area (TPSA) is 21.3 Å². The van der Waals surface area contributed by atoms with Gasteiger partial charge in [-0.15, -0.1) is 11.3 Å². The SMILES string of the molecule is CCCOCCC(Cc1cccs1)NCC. The molecule has 0 aliphatic heterocycles. The molecule has 0 saturated heterocycles. The minimum Gasteiger partial charge on any atom is -0.381 e. The van der Waals surface area contributed by atoms with Gasteiger partial charge in [-0.3, -0.25) is 0 Å². The number of hydrogen-bond acceptors (Lipinski definition) is 3. The normalized spacial score (nSPS) is 12.9. The molecule has 0 radical (unpaired) electrons. The second-order valence-electron chi connectivity index (χ2n) is 3.94. The molecule has 1 N–H and O–H groups in total. The average molecular weight is 241 g/mol. The zero-order valence-electron chi connectivity index (χ0n) is 10.4. The van der Waals surface area contributed by atoms with Gasteiger partial charge in [0.1, 0.15) is 0 Å². The standard InChI is InChI=1S/C13H23NOS/c1-3-8-15-9-7-12(14-4-2)11-13-6-5-10-16-13/h5-6,10,12,14H,3-4,7-9,11H2,1-2H3. The van der Waals surface area contributed by atoms with E-state index in [1.165, 1.54) is 4.88 Å². The molecule has 0 spiro atoms. The van der Waals surface area contributed by atoms with Crippen molar-refractivity contribution in [2.24, 2.45) is 0 Å². The van der Waals surface area contributed by atoms with E-state index < -0.39 is 0 Å². The molecule has 0 bridgehead atoms. The molecule has 0 aromatic carbocycles. The van der Waals surface area contributed by atoms with Crippen LogP contribution in [0, 0.1) is 0 Å². The first-order valence-corrected chi connectivity index (χ1v) is 7.08. The number of likely N-dealkylation sites (N-methyl/N-ethyl adjacent to an activating group) is 1. The Morgan fingerprint density at radius 1 is 1.38 bits per heavy atom. The zero-order chi connectivity index (χ0) is 11.6.